The van der Waals surface area contributed by atoms with E-state index in [-0.39, 0.29) is 12.0 Å². The Bertz CT molecular complexity index is 340. The highest BCUT2D eigenvalue weighted by atomic mass is 16.4. The van der Waals surface area contributed by atoms with Gasteiger partial charge in [-0.25, -0.2) is 4.79 Å². The first-order valence-electron chi connectivity index (χ1n) is 5.02. The molecule has 1 saturated heterocycles. The van der Waals surface area contributed by atoms with E-state index >= 15 is 0 Å². The Kier molecular flexibility index (Phi) is 2.87. The molecule has 1 aromatic carbocycles. The van der Waals surface area contributed by atoms with E-state index in [1.807, 2.05) is 30.3 Å². The monoisotopic (exact) mass is 206 g/mol. The van der Waals surface area contributed by atoms with E-state index in [4.69, 9.17) is 5.11 Å². The average molecular weight is 206 g/mol. The lowest BCUT2D eigenvalue weighted by Gasteiger charge is -2.18. The number of nitrogens with one attached hydrogen (secondary N) is 2. The second-order valence-electron chi connectivity index (χ2n) is 3.73. The van der Waals surface area contributed by atoms with Crippen LogP contribution in [-0.4, -0.2) is 30.3 Å². The van der Waals surface area contributed by atoms with Gasteiger partial charge in [-0.3, -0.25) is 0 Å². The molecule has 4 heteroatoms. The number of hydrogen-bond donors (Lipinski definition) is 3. The van der Waals surface area contributed by atoms with Crippen LogP contribution >= 0.6 is 0 Å². The van der Waals surface area contributed by atoms with Gasteiger partial charge in [-0.1, -0.05) is 30.3 Å². The summed E-state index contributed by atoms with van der Waals surface area (Å²) >= 11 is 0. The number of rotatable bonds is 2. The van der Waals surface area contributed by atoms with Crippen LogP contribution in [0.3, 0.4) is 0 Å². The summed E-state index contributed by atoms with van der Waals surface area (Å²) in [4.78, 5) is 10.6. The van der Waals surface area contributed by atoms with E-state index < -0.39 is 6.09 Å². The molecule has 1 aromatic rings. The molecular weight excluding hydrogens is 192 g/mol. The third-order valence-corrected chi connectivity index (χ3v) is 2.75. The molecule has 0 saturated carbocycles. The summed E-state index contributed by atoms with van der Waals surface area (Å²) in [6.45, 7) is 1.53. The van der Waals surface area contributed by atoms with Crippen molar-refractivity contribution >= 4 is 6.09 Å². The molecule has 2 unspecified atom stereocenters. The fourth-order valence-corrected chi connectivity index (χ4v) is 2.04. The van der Waals surface area contributed by atoms with E-state index in [9.17, 15) is 4.79 Å². The molecule has 15 heavy (non-hydrogen) atoms. The molecular formula is C11H14N2O2. The SMILES string of the molecule is O=C(O)NC1CNCC1c1ccccc1. The van der Waals surface area contributed by atoms with Crippen molar-refractivity contribution in [2.45, 2.75) is 12.0 Å². The van der Waals surface area contributed by atoms with Gasteiger partial charge in [0.15, 0.2) is 0 Å². The van der Waals surface area contributed by atoms with Gasteiger partial charge in [0.25, 0.3) is 0 Å². The number of amides is 1. The number of carbonyl (C=O) groups is 1. The topological polar surface area (TPSA) is 61.4 Å². The lowest BCUT2D eigenvalue weighted by molar-refractivity contribution is 0.189. The highest BCUT2D eigenvalue weighted by Gasteiger charge is 2.29. The smallest absolute Gasteiger partial charge is 0.404 e. The van der Waals surface area contributed by atoms with Crippen molar-refractivity contribution in [3.8, 4) is 0 Å². The molecule has 1 fully saturated rings. The first-order valence-corrected chi connectivity index (χ1v) is 5.02. The van der Waals surface area contributed by atoms with E-state index in [1.54, 1.807) is 0 Å². The first kappa shape index (κ1) is 9.98. The zero-order chi connectivity index (χ0) is 10.7. The molecule has 0 aliphatic carbocycles. The molecule has 2 atom stereocenters. The van der Waals surface area contributed by atoms with Gasteiger partial charge in [-0.2, -0.15) is 0 Å². The fraction of sp³-hybridized carbons (Fsp3) is 0.364. The molecule has 0 radical (unpaired) electrons. The van der Waals surface area contributed by atoms with Crippen LogP contribution in [0.2, 0.25) is 0 Å². The minimum absolute atomic E-state index is 0.0232. The molecule has 1 aliphatic rings. The molecule has 1 aliphatic heterocycles. The van der Waals surface area contributed by atoms with Gasteiger partial charge in [0.1, 0.15) is 0 Å². The molecule has 1 heterocycles. The number of hydrogen-bond acceptors (Lipinski definition) is 2. The largest absolute Gasteiger partial charge is 0.465 e. The summed E-state index contributed by atoms with van der Waals surface area (Å²) in [6.07, 6.45) is -0.954. The molecule has 2 rings (SSSR count). The highest BCUT2D eigenvalue weighted by Crippen LogP contribution is 2.22. The second-order valence-corrected chi connectivity index (χ2v) is 3.73. The molecule has 80 valence electrons. The van der Waals surface area contributed by atoms with E-state index in [1.165, 1.54) is 5.56 Å². The highest BCUT2D eigenvalue weighted by molar-refractivity contribution is 5.65. The van der Waals surface area contributed by atoms with Crippen molar-refractivity contribution in [2.24, 2.45) is 0 Å². The van der Waals surface area contributed by atoms with Gasteiger partial charge in [-0.05, 0) is 5.56 Å². The van der Waals surface area contributed by atoms with Crippen LogP contribution in [0.15, 0.2) is 30.3 Å². The van der Waals surface area contributed by atoms with Crippen LogP contribution in [0.1, 0.15) is 11.5 Å². The third kappa shape index (κ3) is 2.27. The normalized spacial score (nSPS) is 25.1. The maximum Gasteiger partial charge on any atom is 0.404 e. The molecule has 0 aromatic heterocycles. The maximum atomic E-state index is 10.6. The predicted molar refractivity (Wildman–Crippen MR) is 57.0 cm³/mol. The molecule has 4 nitrogen and oxygen atoms in total. The third-order valence-electron chi connectivity index (χ3n) is 2.75. The number of carboxylic acid groups (broad SMARTS) is 1. The molecule has 1 amide bonds. The number of benzene rings is 1. The quantitative estimate of drug-likeness (QED) is 0.676. The molecule has 3 N–H and O–H groups in total. The minimum Gasteiger partial charge on any atom is -0.465 e. The van der Waals surface area contributed by atoms with Crippen LogP contribution in [-0.2, 0) is 0 Å². The fourth-order valence-electron chi connectivity index (χ4n) is 2.04. The van der Waals surface area contributed by atoms with Crippen molar-refractivity contribution < 1.29 is 9.90 Å². The van der Waals surface area contributed by atoms with Gasteiger partial charge >= 0.3 is 6.09 Å². The second kappa shape index (κ2) is 4.31. The predicted octanol–water partition coefficient (Wildman–Crippen LogP) is 1.01. The van der Waals surface area contributed by atoms with Crippen molar-refractivity contribution in [3.05, 3.63) is 35.9 Å². The Balaban J connectivity index is 2.11. The maximum absolute atomic E-state index is 10.6. The van der Waals surface area contributed by atoms with Crippen LogP contribution in [0.25, 0.3) is 0 Å². The Labute approximate surface area is 88.3 Å². The van der Waals surface area contributed by atoms with Crippen molar-refractivity contribution in [3.63, 3.8) is 0 Å². The minimum atomic E-state index is -0.954. The Morgan fingerprint density at radius 3 is 2.73 bits per heavy atom. The summed E-state index contributed by atoms with van der Waals surface area (Å²) in [5.74, 6) is 0.238. The van der Waals surface area contributed by atoms with Crippen LogP contribution in [0, 0.1) is 0 Å². The van der Waals surface area contributed by atoms with Crippen LogP contribution in [0.5, 0.6) is 0 Å². The van der Waals surface area contributed by atoms with Gasteiger partial charge in [0.05, 0.1) is 6.04 Å². The van der Waals surface area contributed by atoms with E-state index in [0.717, 1.165) is 6.54 Å². The van der Waals surface area contributed by atoms with E-state index in [0.29, 0.717) is 6.54 Å². The summed E-state index contributed by atoms with van der Waals surface area (Å²) in [7, 11) is 0. The Morgan fingerprint density at radius 1 is 1.33 bits per heavy atom. The van der Waals surface area contributed by atoms with Gasteiger partial charge < -0.3 is 15.7 Å². The summed E-state index contributed by atoms with van der Waals surface area (Å²) < 4.78 is 0. The summed E-state index contributed by atoms with van der Waals surface area (Å²) in [5.41, 5.74) is 1.18. The molecule has 0 spiro atoms. The summed E-state index contributed by atoms with van der Waals surface area (Å²) in [5, 5.41) is 14.4. The molecule has 0 bridgehead atoms. The van der Waals surface area contributed by atoms with Crippen molar-refractivity contribution in [1.82, 2.24) is 10.6 Å². The van der Waals surface area contributed by atoms with Gasteiger partial charge in [0, 0.05) is 19.0 Å². The van der Waals surface area contributed by atoms with Gasteiger partial charge in [0.2, 0.25) is 0 Å². The van der Waals surface area contributed by atoms with Gasteiger partial charge in [-0.15, -0.1) is 0 Å². The van der Waals surface area contributed by atoms with Crippen LogP contribution in [0.4, 0.5) is 4.79 Å². The average Bonchev–Trinajstić information content (AvgIpc) is 2.66. The summed E-state index contributed by atoms with van der Waals surface area (Å²) in [6, 6.07) is 9.97. The zero-order valence-electron chi connectivity index (χ0n) is 8.31. The Morgan fingerprint density at radius 2 is 2.07 bits per heavy atom. The first-order chi connectivity index (χ1) is 7.27. The van der Waals surface area contributed by atoms with Crippen molar-refractivity contribution in [1.29, 1.82) is 0 Å². The zero-order valence-corrected chi connectivity index (χ0v) is 8.31. The van der Waals surface area contributed by atoms with E-state index in [2.05, 4.69) is 10.6 Å². The lowest BCUT2D eigenvalue weighted by Crippen LogP contribution is -2.38. The lowest BCUT2D eigenvalue weighted by atomic mass is 9.94. The standard InChI is InChI=1S/C11H14N2O2/c14-11(15)13-10-7-12-6-9(10)8-4-2-1-3-5-8/h1-5,9-10,12-13H,6-7H2,(H,14,15). The Hall–Kier alpha value is -1.55. The van der Waals surface area contributed by atoms with Crippen molar-refractivity contribution in [2.75, 3.05) is 13.1 Å². The van der Waals surface area contributed by atoms with Crippen LogP contribution < -0.4 is 10.6 Å².